The Morgan fingerprint density at radius 1 is 1.22 bits per heavy atom. The molecule has 0 aliphatic carbocycles. The number of rotatable bonds is 2. The third kappa shape index (κ3) is 1.67. The average Bonchev–Trinajstić information content (AvgIpc) is 2.66. The molecule has 0 amide bonds. The molecule has 2 rings (SSSR count). The minimum atomic E-state index is -1.33. The lowest BCUT2D eigenvalue weighted by atomic mass is 10.1. The fraction of sp³-hybridized carbons (Fsp3) is 0.167. The van der Waals surface area contributed by atoms with E-state index in [0.29, 0.717) is 16.7 Å². The molecule has 1 aromatic carbocycles. The summed E-state index contributed by atoms with van der Waals surface area (Å²) in [6, 6.07) is 4.53. The van der Waals surface area contributed by atoms with Gasteiger partial charge in [-0.3, -0.25) is 0 Å². The monoisotopic (exact) mass is 249 g/mol. The number of ether oxygens (including phenoxy) is 1. The van der Waals surface area contributed by atoms with Crippen LogP contribution in [0.5, 0.6) is 5.75 Å². The summed E-state index contributed by atoms with van der Waals surface area (Å²) in [6.45, 7) is 1.76. The lowest BCUT2D eigenvalue weighted by Gasteiger charge is -2.06. The number of carboxylic acid groups (broad SMARTS) is 2. The van der Waals surface area contributed by atoms with E-state index in [1.807, 2.05) is 0 Å². The maximum atomic E-state index is 11.1. The summed E-state index contributed by atoms with van der Waals surface area (Å²) < 4.78 is 5.87. The minimum Gasteiger partial charge on any atom is -0.496 e. The van der Waals surface area contributed by atoms with Crippen LogP contribution in [0.4, 0.5) is 4.79 Å². The smallest absolute Gasteiger partial charge is 0.416 e. The molecule has 0 aliphatic heterocycles. The Labute approximate surface area is 102 Å². The number of methoxy groups -OCH3 is 1. The fourth-order valence-corrected chi connectivity index (χ4v) is 1.92. The summed E-state index contributed by atoms with van der Waals surface area (Å²) in [4.78, 5) is 22.2. The van der Waals surface area contributed by atoms with Crippen molar-refractivity contribution in [3.05, 3.63) is 29.5 Å². The molecule has 18 heavy (non-hydrogen) atoms. The van der Waals surface area contributed by atoms with Crippen molar-refractivity contribution in [2.75, 3.05) is 7.11 Å². The van der Waals surface area contributed by atoms with Crippen molar-refractivity contribution in [2.24, 2.45) is 0 Å². The molecule has 2 N–H and O–H groups in total. The topological polar surface area (TPSA) is 88.8 Å². The number of aromatic nitrogens is 1. The maximum absolute atomic E-state index is 11.1. The van der Waals surface area contributed by atoms with Crippen LogP contribution in [0.1, 0.15) is 16.1 Å². The molecule has 1 heterocycles. The number of hydrogen-bond acceptors (Lipinski definition) is 3. The Morgan fingerprint density at radius 3 is 2.39 bits per heavy atom. The standard InChI is InChI=1S/C12H11NO5/c1-6-3-8-7(5-10(6)18-2)4-9(11(14)15)13(8)12(16)17/h3-5H,1-2H3,(H,14,15)(H,16,17). The lowest BCUT2D eigenvalue weighted by Crippen LogP contribution is -2.14. The van der Waals surface area contributed by atoms with Crippen LogP contribution in [-0.2, 0) is 0 Å². The minimum absolute atomic E-state index is 0.287. The number of benzene rings is 1. The molecular formula is C12H11NO5. The summed E-state index contributed by atoms with van der Waals surface area (Å²) in [6.07, 6.45) is -1.33. The molecule has 1 aromatic heterocycles. The van der Waals surface area contributed by atoms with Crippen molar-refractivity contribution in [3.8, 4) is 5.75 Å². The van der Waals surface area contributed by atoms with Gasteiger partial charge in [0.2, 0.25) is 0 Å². The van der Waals surface area contributed by atoms with E-state index in [1.54, 1.807) is 19.1 Å². The van der Waals surface area contributed by atoms with Crippen LogP contribution in [0, 0.1) is 6.92 Å². The Hall–Kier alpha value is -2.50. The van der Waals surface area contributed by atoms with E-state index in [1.165, 1.54) is 13.2 Å². The molecule has 0 aliphatic rings. The molecule has 0 spiro atoms. The normalized spacial score (nSPS) is 10.6. The third-order valence-corrected chi connectivity index (χ3v) is 2.73. The SMILES string of the molecule is COc1cc2cc(C(=O)O)n(C(=O)O)c2cc1C. The van der Waals surface area contributed by atoms with E-state index >= 15 is 0 Å². The average molecular weight is 249 g/mol. The van der Waals surface area contributed by atoms with Gasteiger partial charge in [0.05, 0.1) is 12.6 Å². The number of carboxylic acids is 1. The third-order valence-electron chi connectivity index (χ3n) is 2.73. The van der Waals surface area contributed by atoms with E-state index in [4.69, 9.17) is 14.9 Å². The molecule has 0 saturated heterocycles. The molecule has 0 bridgehead atoms. The number of hydrogen-bond donors (Lipinski definition) is 2. The molecular weight excluding hydrogens is 238 g/mol. The summed E-state index contributed by atoms with van der Waals surface area (Å²) in [5.41, 5.74) is 0.783. The van der Waals surface area contributed by atoms with E-state index in [0.717, 1.165) is 10.1 Å². The van der Waals surface area contributed by atoms with Gasteiger partial charge in [-0.25, -0.2) is 14.2 Å². The largest absolute Gasteiger partial charge is 0.496 e. The number of aryl methyl sites for hydroxylation is 1. The molecule has 6 nitrogen and oxygen atoms in total. The second-order valence-electron chi connectivity index (χ2n) is 3.83. The Balaban J connectivity index is 2.85. The van der Waals surface area contributed by atoms with Gasteiger partial charge in [0.1, 0.15) is 11.4 Å². The second-order valence-corrected chi connectivity index (χ2v) is 3.83. The van der Waals surface area contributed by atoms with Crippen LogP contribution in [0.25, 0.3) is 10.9 Å². The van der Waals surface area contributed by atoms with Gasteiger partial charge in [-0.2, -0.15) is 0 Å². The summed E-state index contributed by atoms with van der Waals surface area (Å²) in [5.74, 6) is -0.702. The molecule has 0 fully saturated rings. The van der Waals surface area contributed by atoms with Gasteiger partial charge in [0.15, 0.2) is 0 Å². The van der Waals surface area contributed by atoms with Gasteiger partial charge in [-0.15, -0.1) is 0 Å². The predicted molar refractivity (Wildman–Crippen MR) is 63.6 cm³/mol. The zero-order valence-electron chi connectivity index (χ0n) is 9.80. The Morgan fingerprint density at radius 2 is 1.89 bits per heavy atom. The molecule has 2 aromatic rings. The molecule has 0 atom stereocenters. The highest BCUT2D eigenvalue weighted by Crippen LogP contribution is 2.28. The number of aromatic carboxylic acids is 1. The van der Waals surface area contributed by atoms with Crippen molar-refractivity contribution >= 4 is 23.0 Å². The number of nitrogens with zero attached hydrogens (tertiary/aromatic N) is 1. The van der Waals surface area contributed by atoms with Crippen molar-refractivity contribution in [2.45, 2.75) is 6.92 Å². The predicted octanol–water partition coefficient (Wildman–Crippen LogP) is 2.18. The molecule has 0 unspecified atom stereocenters. The van der Waals surface area contributed by atoms with E-state index < -0.39 is 12.1 Å². The maximum Gasteiger partial charge on any atom is 0.416 e. The van der Waals surface area contributed by atoms with Crippen LogP contribution in [0.3, 0.4) is 0 Å². The fourth-order valence-electron chi connectivity index (χ4n) is 1.92. The van der Waals surface area contributed by atoms with Crippen LogP contribution < -0.4 is 4.74 Å². The van der Waals surface area contributed by atoms with Crippen molar-refractivity contribution in [3.63, 3.8) is 0 Å². The lowest BCUT2D eigenvalue weighted by molar-refractivity contribution is 0.0684. The van der Waals surface area contributed by atoms with Crippen LogP contribution >= 0.6 is 0 Å². The van der Waals surface area contributed by atoms with Crippen LogP contribution in [0.15, 0.2) is 18.2 Å². The highest BCUT2D eigenvalue weighted by Gasteiger charge is 2.20. The van der Waals surface area contributed by atoms with Gasteiger partial charge >= 0.3 is 12.1 Å². The van der Waals surface area contributed by atoms with Gasteiger partial charge in [0.25, 0.3) is 0 Å². The number of carbonyl (C=O) groups is 2. The summed E-state index contributed by atoms with van der Waals surface area (Å²) >= 11 is 0. The molecule has 6 heteroatoms. The van der Waals surface area contributed by atoms with E-state index in [2.05, 4.69) is 0 Å². The highest BCUT2D eigenvalue weighted by atomic mass is 16.5. The zero-order valence-corrected chi connectivity index (χ0v) is 9.80. The highest BCUT2D eigenvalue weighted by molar-refractivity contribution is 6.01. The molecule has 0 saturated carbocycles. The summed E-state index contributed by atoms with van der Waals surface area (Å²) in [7, 11) is 1.50. The van der Waals surface area contributed by atoms with Gasteiger partial charge < -0.3 is 14.9 Å². The zero-order chi connectivity index (χ0) is 13.4. The van der Waals surface area contributed by atoms with Gasteiger partial charge in [-0.1, -0.05) is 0 Å². The van der Waals surface area contributed by atoms with E-state index in [-0.39, 0.29) is 5.69 Å². The first-order valence-corrected chi connectivity index (χ1v) is 5.12. The quantitative estimate of drug-likeness (QED) is 0.851. The first-order chi connectivity index (χ1) is 8.45. The summed E-state index contributed by atoms with van der Waals surface area (Å²) in [5, 5.41) is 18.6. The van der Waals surface area contributed by atoms with E-state index in [9.17, 15) is 9.59 Å². The first kappa shape index (κ1) is 12.0. The molecule has 0 radical (unpaired) electrons. The van der Waals surface area contributed by atoms with Crippen LogP contribution in [-0.4, -0.2) is 34.0 Å². The number of fused-ring (bicyclic) bond motifs is 1. The van der Waals surface area contributed by atoms with Crippen molar-refractivity contribution in [1.29, 1.82) is 0 Å². The molecule has 94 valence electrons. The Kier molecular flexibility index (Phi) is 2.70. The Bertz CT molecular complexity index is 656. The van der Waals surface area contributed by atoms with Crippen LogP contribution in [0.2, 0.25) is 0 Å². The second kappa shape index (κ2) is 4.06. The van der Waals surface area contributed by atoms with Gasteiger partial charge in [0, 0.05) is 5.39 Å². The first-order valence-electron chi connectivity index (χ1n) is 5.12. The van der Waals surface area contributed by atoms with Gasteiger partial charge in [-0.05, 0) is 30.7 Å². The van der Waals surface area contributed by atoms with Crippen molar-refractivity contribution in [1.82, 2.24) is 4.57 Å². The van der Waals surface area contributed by atoms with Crippen molar-refractivity contribution < 1.29 is 24.5 Å².